The molecule has 3 aromatic rings. The SMILES string of the molecule is CCNC(=O)Nc1ccccc1CS(=O)(=O)N(c1cccc(-c2cc(OCC(=O)O)c(C(=O)O)s2)c1)C1CCNCC1. The summed E-state index contributed by atoms with van der Waals surface area (Å²) in [5.74, 6) is -2.94. The Labute approximate surface area is 247 Å². The normalized spacial score (nSPS) is 13.7. The number of aliphatic carboxylic acids is 1. The maximum Gasteiger partial charge on any atom is 0.349 e. The van der Waals surface area contributed by atoms with Crippen molar-refractivity contribution in [2.75, 3.05) is 35.9 Å². The first-order chi connectivity index (χ1) is 20.1. The number of thiophene rings is 1. The average Bonchev–Trinajstić information content (AvgIpc) is 3.39. The summed E-state index contributed by atoms with van der Waals surface area (Å²) in [6.07, 6.45) is 1.16. The lowest BCUT2D eigenvalue weighted by molar-refractivity contribution is -0.139. The number of anilines is 2. The van der Waals surface area contributed by atoms with Gasteiger partial charge in [-0.25, -0.2) is 22.8 Å². The number of nitrogens with zero attached hydrogens (tertiary/aromatic N) is 1. The summed E-state index contributed by atoms with van der Waals surface area (Å²) >= 11 is 0.908. The second-order valence-electron chi connectivity index (χ2n) is 9.52. The van der Waals surface area contributed by atoms with Gasteiger partial charge < -0.3 is 30.9 Å². The van der Waals surface area contributed by atoms with Gasteiger partial charge in [-0.05, 0) is 68.2 Å². The Hall–Kier alpha value is -4.14. The summed E-state index contributed by atoms with van der Waals surface area (Å²) in [5, 5.41) is 27.2. The standard InChI is InChI=1S/C28H32N4O8S2/c1-2-30-28(37)31-22-9-4-3-6-19(22)17-42(38,39)32(20-10-12-29-13-11-20)21-8-5-7-18(14-21)24-15-23(40-16-25(33)34)26(41-24)27(35)36/h3-9,14-15,20,29H,2,10-13,16-17H2,1H3,(H,33,34)(H,35,36)(H2,30,31,37). The van der Waals surface area contributed by atoms with Crippen molar-refractivity contribution in [3.8, 4) is 16.2 Å². The Bertz CT molecular complexity index is 1550. The number of amides is 2. The zero-order chi connectivity index (χ0) is 30.3. The molecule has 2 heterocycles. The Morgan fingerprint density at radius 1 is 1.07 bits per heavy atom. The van der Waals surface area contributed by atoms with E-state index in [0.29, 0.717) is 59.9 Å². The van der Waals surface area contributed by atoms with Gasteiger partial charge in [-0.1, -0.05) is 30.3 Å². The van der Waals surface area contributed by atoms with Crippen LogP contribution >= 0.6 is 11.3 Å². The molecule has 1 aliphatic heterocycles. The van der Waals surface area contributed by atoms with E-state index in [2.05, 4.69) is 16.0 Å². The summed E-state index contributed by atoms with van der Waals surface area (Å²) in [5.41, 5.74) is 1.78. The van der Waals surface area contributed by atoms with Gasteiger partial charge in [0.25, 0.3) is 0 Å². The molecule has 1 fully saturated rings. The van der Waals surface area contributed by atoms with E-state index in [1.54, 1.807) is 55.5 Å². The van der Waals surface area contributed by atoms with Crippen molar-refractivity contribution in [3.05, 3.63) is 65.0 Å². The third-order valence-electron chi connectivity index (χ3n) is 6.51. The summed E-state index contributed by atoms with van der Waals surface area (Å²) < 4.78 is 34.9. The van der Waals surface area contributed by atoms with E-state index in [1.165, 1.54) is 10.4 Å². The maximum absolute atomic E-state index is 14.1. The minimum Gasteiger partial charge on any atom is -0.480 e. The summed E-state index contributed by atoms with van der Waals surface area (Å²) in [6.45, 7) is 2.78. The molecule has 42 heavy (non-hydrogen) atoms. The minimum atomic E-state index is -3.98. The summed E-state index contributed by atoms with van der Waals surface area (Å²) in [6, 6.07) is 14.2. The molecule has 0 radical (unpaired) electrons. The average molecular weight is 617 g/mol. The lowest BCUT2D eigenvalue weighted by Crippen LogP contribution is -2.46. The van der Waals surface area contributed by atoms with Gasteiger partial charge in [0.05, 0.1) is 11.4 Å². The van der Waals surface area contributed by atoms with Crippen molar-refractivity contribution in [1.29, 1.82) is 0 Å². The highest BCUT2D eigenvalue weighted by Crippen LogP contribution is 2.39. The number of ether oxygens (including phenoxy) is 1. The van der Waals surface area contributed by atoms with E-state index >= 15 is 0 Å². The predicted molar refractivity (Wildman–Crippen MR) is 160 cm³/mol. The topological polar surface area (TPSA) is 174 Å². The number of rotatable bonds is 12. The summed E-state index contributed by atoms with van der Waals surface area (Å²) in [7, 11) is -3.98. The maximum atomic E-state index is 14.1. The fourth-order valence-corrected chi connectivity index (χ4v) is 7.53. The Balaban J connectivity index is 1.71. The molecule has 1 aromatic heterocycles. The highest BCUT2D eigenvalue weighted by molar-refractivity contribution is 7.92. The van der Waals surface area contributed by atoms with E-state index in [0.717, 1.165) is 11.3 Å². The number of benzene rings is 2. The number of carbonyl (C=O) groups excluding carboxylic acids is 1. The van der Waals surface area contributed by atoms with Crippen LogP contribution in [0.3, 0.4) is 0 Å². The van der Waals surface area contributed by atoms with Gasteiger partial charge in [-0.15, -0.1) is 11.3 Å². The number of sulfonamides is 1. The lowest BCUT2D eigenvalue weighted by Gasteiger charge is -2.35. The number of carboxylic acid groups (broad SMARTS) is 2. The molecule has 5 N–H and O–H groups in total. The predicted octanol–water partition coefficient (Wildman–Crippen LogP) is 3.81. The number of aromatic carboxylic acids is 1. The summed E-state index contributed by atoms with van der Waals surface area (Å²) in [4.78, 5) is 35.3. The number of carboxylic acids is 2. The molecule has 1 saturated heterocycles. The molecule has 2 amide bonds. The smallest absolute Gasteiger partial charge is 0.349 e. The van der Waals surface area contributed by atoms with Crippen LogP contribution in [-0.2, 0) is 20.6 Å². The molecule has 0 aliphatic carbocycles. The first-order valence-electron chi connectivity index (χ1n) is 13.3. The molecule has 0 spiro atoms. The van der Waals surface area contributed by atoms with Crippen LogP contribution in [0.5, 0.6) is 5.75 Å². The molecule has 12 nitrogen and oxygen atoms in total. The van der Waals surface area contributed by atoms with Crippen LogP contribution in [0.1, 0.15) is 35.0 Å². The minimum absolute atomic E-state index is 0.0747. The van der Waals surface area contributed by atoms with Gasteiger partial charge in [0.1, 0.15) is 5.75 Å². The zero-order valence-electron chi connectivity index (χ0n) is 22.8. The van der Waals surface area contributed by atoms with E-state index in [4.69, 9.17) is 9.84 Å². The number of hydrogen-bond acceptors (Lipinski definition) is 8. The van der Waals surface area contributed by atoms with E-state index in [9.17, 15) is 27.9 Å². The van der Waals surface area contributed by atoms with Crippen LogP contribution in [0, 0.1) is 0 Å². The van der Waals surface area contributed by atoms with E-state index < -0.39 is 34.6 Å². The van der Waals surface area contributed by atoms with Crippen LogP contribution in [0.25, 0.3) is 10.4 Å². The number of nitrogens with one attached hydrogen (secondary N) is 3. The highest BCUT2D eigenvalue weighted by atomic mass is 32.2. The largest absolute Gasteiger partial charge is 0.480 e. The van der Waals surface area contributed by atoms with Crippen LogP contribution in [0.2, 0.25) is 0 Å². The van der Waals surface area contributed by atoms with Crippen molar-refractivity contribution in [1.82, 2.24) is 10.6 Å². The molecule has 0 unspecified atom stereocenters. The fraction of sp³-hybridized carbons (Fsp3) is 0.321. The molecular formula is C28H32N4O8S2. The van der Waals surface area contributed by atoms with Gasteiger partial charge in [0.15, 0.2) is 11.5 Å². The quantitative estimate of drug-likeness (QED) is 0.203. The van der Waals surface area contributed by atoms with Crippen molar-refractivity contribution in [2.24, 2.45) is 0 Å². The molecule has 0 saturated carbocycles. The Morgan fingerprint density at radius 3 is 2.50 bits per heavy atom. The van der Waals surface area contributed by atoms with Crippen LogP contribution < -0.4 is 25.0 Å². The van der Waals surface area contributed by atoms with Crippen LogP contribution in [-0.4, -0.2) is 68.9 Å². The first-order valence-corrected chi connectivity index (χ1v) is 15.7. The monoisotopic (exact) mass is 616 g/mol. The van der Waals surface area contributed by atoms with Crippen LogP contribution in [0.15, 0.2) is 54.6 Å². The molecule has 4 rings (SSSR count). The molecule has 2 aromatic carbocycles. The third kappa shape index (κ3) is 7.57. The second-order valence-corrected chi connectivity index (χ2v) is 12.4. The van der Waals surface area contributed by atoms with Crippen molar-refractivity contribution in [3.63, 3.8) is 0 Å². The van der Waals surface area contributed by atoms with Crippen molar-refractivity contribution >= 4 is 50.7 Å². The molecule has 1 aliphatic rings. The molecule has 0 bridgehead atoms. The Kier molecular flexibility index (Phi) is 10.0. The Morgan fingerprint density at radius 2 is 1.81 bits per heavy atom. The molecule has 14 heteroatoms. The van der Waals surface area contributed by atoms with Gasteiger partial charge in [-0.2, -0.15) is 0 Å². The number of urea groups is 1. The molecular weight excluding hydrogens is 584 g/mol. The number of hydrogen-bond donors (Lipinski definition) is 5. The van der Waals surface area contributed by atoms with Crippen molar-refractivity contribution in [2.45, 2.75) is 31.6 Å². The van der Waals surface area contributed by atoms with Gasteiger partial charge in [0.2, 0.25) is 10.0 Å². The highest BCUT2D eigenvalue weighted by Gasteiger charge is 2.32. The first kappa shape index (κ1) is 30.8. The lowest BCUT2D eigenvalue weighted by atomic mass is 10.1. The molecule has 224 valence electrons. The number of para-hydroxylation sites is 1. The molecule has 0 atom stereocenters. The van der Waals surface area contributed by atoms with E-state index in [1.807, 2.05) is 0 Å². The van der Waals surface area contributed by atoms with Crippen LogP contribution in [0.4, 0.5) is 16.2 Å². The van der Waals surface area contributed by atoms with Gasteiger partial charge in [0, 0.05) is 23.2 Å². The van der Waals surface area contributed by atoms with E-state index in [-0.39, 0.29) is 22.4 Å². The second kappa shape index (κ2) is 13.7. The zero-order valence-corrected chi connectivity index (χ0v) is 24.5. The third-order valence-corrected chi connectivity index (χ3v) is 9.45. The van der Waals surface area contributed by atoms with Gasteiger partial charge in [-0.3, -0.25) is 4.31 Å². The number of piperidine rings is 1. The fourth-order valence-electron chi connectivity index (χ4n) is 4.71. The van der Waals surface area contributed by atoms with Crippen molar-refractivity contribution < 1.29 is 37.8 Å². The number of carbonyl (C=O) groups is 3. The van der Waals surface area contributed by atoms with Gasteiger partial charge >= 0.3 is 18.0 Å².